The van der Waals surface area contributed by atoms with Gasteiger partial charge in [-0.15, -0.1) is 0 Å². The molecule has 0 aliphatic heterocycles. The summed E-state index contributed by atoms with van der Waals surface area (Å²) < 4.78 is 26.8. The molecule has 0 amide bonds. The lowest BCUT2D eigenvalue weighted by Crippen LogP contribution is -2.39. The highest BCUT2D eigenvalue weighted by Gasteiger charge is 2.46. The summed E-state index contributed by atoms with van der Waals surface area (Å²) in [6.07, 6.45) is 1.13. The van der Waals surface area contributed by atoms with E-state index in [0.29, 0.717) is 12.8 Å². The van der Waals surface area contributed by atoms with Crippen LogP contribution in [-0.2, 0) is 10.0 Å². The van der Waals surface area contributed by atoms with Gasteiger partial charge >= 0.3 is 0 Å². The highest BCUT2D eigenvalue weighted by Crippen LogP contribution is 2.37. The van der Waals surface area contributed by atoms with Crippen molar-refractivity contribution in [2.45, 2.75) is 30.2 Å². The van der Waals surface area contributed by atoms with Crippen LogP contribution in [0.2, 0.25) is 0 Å². The zero-order valence-corrected chi connectivity index (χ0v) is 11.1. The Hall–Kier alpha value is -1.51. The average Bonchev–Trinajstić information content (AvgIpc) is 3.08. The van der Waals surface area contributed by atoms with E-state index in [1.54, 1.807) is 0 Å². The Kier molecular flexibility index (Phi) is 3.33. The van der Waals surface area contributed by atoms with Crippen molar-refractivity contribution in [2.24, 2.45) is 0 Å². The first-order chi connectivity index (χ1) is 8.81. The number of hydrogen-bond donors (Lipinski definition) is 2. The van der Waals surface area contributed by atoms with Crippen molar-refractivity contribution >= 4 is 15.7 Å². The maximum Gasteiger partial charge on any atom is 0.273 e. The van der Waals surface area contributed by atoms with Crippen molar-refractivity contribution in [1.29, 1.82) is 0 Å². The molecule has 2 rings (SSSR count). The van der Waals surface area contributed by atoms with E-state index in [0.717, 1.165) is 0 Å². The monoisotopic (exact) mass is 286 g/mol. The molecule has 0 unspecified atom stereocenters. The van der Waals surface area contributed by atoms with Crippen LogP contribution in [0.25, 0.3) is 0 Å². The second-order valence-electron chi connectivity index (χ2n) is 4.70. The molecule has 0 aromatic heterocycles. The molecule has 1 fully saturated rings. The van der Waals surface area contributed by atoms with E-state index < -0.39 is 20.5 Å². The summed E-state index contributed by atoms with van der Waals surface area (Å²) in [5.74, 6) is 0. The Morgan fingerprint density at radius 1 is 1.47 bits per heavy atom. The van der Waals surface area contributed by atoms with Crippen LogP contribution in [-0.4, -0.2) is 30.6 Å². The number of nitro groups is 1. The van der Waals surface area contributed by atoms with Gasteiger partial charge in [-0.1, -0.05) is 6.07 Å². The van der Waals surface area contributed by atoms with Crippen LogP contribution in [0.3, 0.4) is 0 Å². The standard InChI is InChI=1S/C11H14N2O5S/c1-8-9(13(15)16)3-2-4-10(8)19(17,18)12-11(7-14)5-6-11/h2-4,12,14H,5-7H2,1H3. The predicted molar refractivity (Wildman–Crippen MR) is 67.2 cm³/mol. The fourth-order valence-corrected chi connectivity index (χ4v) is 3.59. The summed E-state index contributed by atoms with van der Waals surface area (Å²) in [5, 5.41) is 19.9. The second kappa shape index (κ2) is 4.55. The van der Waals surface area contributed by atoms with Gasteiger partial charge in [0.15, 0.2) is 0 Å². The van der Waals surface area contributed by atoms with Crippen LogP contribution in [0.5, 0.6) is 0 Å². The molecule has 0 bridgehead atoms. The van der Waals surface area contributed by atoms with Crippen molar-refractivity contribution in [2.75, 3.05) is 6.61 Å². The van der Waals surface area contributed by atoms with Crippen molar-refractivity contribution in [3.8, 4) is 0 Å². The van der Waals surface area contributed by atoms with Gasteiger partial charge in [0.1, 0.15) is 0 Å². The molecule has 2 N–H and O–H groups in total. The third-order valence-electron chi connectivity index (χ3n) is 3.25. The number of benzene rings is 1. The van der Waals surface area contributed by atoms with Gasteiger partial charge in [-0.05, 0) is 25.8 Å². The second-order valence-corrected chi connectivity index (χ2v) is 6.35. The molecule has 0 radical (unpaired) electrons. The van der Waals surface area contributed by atoms with Crippen LogP contribution in [0.4, 0.5) is 5.69 Å². The summed E-state index contributed by atoms with van der Waals surface area (Å²) >= 11 is 0. The van der Waals surface area contributed by atoms with Crippen molar-refractivity contribution in [3.05, 3.63) is 33.9 Å². The molecule has 0 saturated heterocycles. The largest absolute Gasteiger partial charge is 0.394 e. The summed E-state index contributed by atoms with van der Waals surface area (Å²) in [7, 11) is -3.87. The molecule has 8 heteroatoms. The van der Waals surface area contributed by atoms with Gasteiger partial charge in [-0.2, -0.15) is 0 Å². The highest BCUT2D eigenvalue weighted by atomic mass is 32.2. The fourth-order valence-electron chi connectivity index (χ4n) is 1.88. The topological polar surface area (TPSA) is 110 Å². The molecular weight excluding hydrogens is 272 g/mol. The maximum absolute atomic E-state index is 12.2. The van der Waals surface area contributed by atoms with Gasteiger partial charge < -0.3 is 5.11 Å². The number of nitro benzene ring substituents is 1. The van der Waals surface area contributed by atoms with Crippen molar-refractivity contribution in [3.63, 3.8) is 0 Å². The maximum atomic E-state index is 12.2. The number of aliphatic hydroxyl groups excluding tert-OH is 1. The van der Waals surface area contributed by atoms with E-state index in [1.165, 1.54) is 25.1 Å². The van der Waals surface area contributed by atoms with E-state index in [-0.39, 0.29) is 22.8 Å². The van der Waals surface area contributed by atoms with Crippen LogP contribution >= 0.6 is 0 Å². The molecule has 1 aliphatic carbocycles. The van der Waals surface area contributed by atoms with Crippen LogP contribution < -0.4 is 4.72 Å². The predicted octanol–water partition coefficient (Wildman–Crippen LogP) is 0.706. The van der Waals surface area contributed by atoms with Gasteiger partial charge in [-0.25, -0.2) is 13.1 Å². The third-order valence-corrected chi connectivity index (χ3v) is 4.97. The van der Waals surface area contributed by atoms with Crippen LogP contribution in [0.15, 0.2) is 23.1 Å². The van der Waals surface area contributed by atoms with E-state index in [1.807, 2.05) is 0 Å². The summed E-state index contributed by atoms with van der Waals surface area (Å²) in [6, 6.07) is 3.91. The molecular formula is C11H14N2O5S. The first-order valence-corrected chi connectivity index (χ1v) is 7.18. The Balaban J connectivity index is 2.41. The Morgan fingerprint density at radius 2 is 2.11 bits per heavy atom. The van der Waals surface area contributed by atoms with E-state index in [9.17, 15) is 18.5 Å². The highest BCUT2D eigenvalue weighted by molar-refractivity contribution is 7.89. The first kappa shape index (κ1) is 13.9. The number of aliphatic hydroxyl groups is 1. The molecule has 19 heavy (non-hydrogen) atoms. The van der Waals surface area contributed by atoms with Crippen molar-refractivity contribution < 1.29 is 18.4 Å². The van der Waals surface area contributed by atoms with Crippen molar-refractivity contribution in [1.82, 2.24) is 4.72 Å². The molecule has 1 saturated carbocycles. The minimum atomic E-state index is -3.87. The number of sulfonamides is 1. The summed E-state index contributed by atoms with van der Waals surface area (Å²) in [4.78, 5) is 10.1. The molecule has 0 spiro atoms. The first-order valence-electron chi connectivity index (χ1n) is 5.70. The van der Waals surface area contributed by atoms with Gasteiger partial charge in [0, 0.05) is 11.6 Å². The minimum Gasteiger partial charge on any atom is -0.394 e. The normalized spacial score (nSPS) is 17.2. The molecule has 104 valence electrons. The Morgan fingerprint density at radius 3 is 2.58 bits per heavy atom. The smallest absolute Gasteiger partial charge is 0.273 e. The number of nitrogens with zero attached hydrogens (tertiary/aromatic N) is 1. The SMILES string of the molecule is Cc1c([N+](=O)[O-])cccc1S(=O)(=O)NC1(CO)CC1. The summed E-state index contributed by atoms with van der Waals surface area (Å²) in [6.45, 7) is 1.12. The van der Waals surface area contributed by atoms with Crippen LogP contribution in [0.1, 0.15) is 18.4 Å². The molecule has 0 heterocycles. The quantitative estimate of drug-likeness (QED) is 0.612. The molecule has 1 aliphatic rings. The van der Waals surface area contributed by atoms with Gasteiger partial charge in [0.25, 0.3) is 5.69 Å². The number of nitrogens with one attached hydrogen (secondary N) is 1. The van der Waals surface area contributed by atoms with Gasteiger partial charge in [0.05, 0.1) is 22.0 Å². The molecule has 7 nitrogen and oxygen atoms in total. The van der Waals surface area contributed by atoms with E-state index >= 15 is 0 Å². The average molecular weight is 286 g/mol. The summed E-state index contributed by atoms with van der Waals surface area (Å²) in [5.41, 5.74) is -0.943. The lowest BCUT2D eigenvalue weighted by atomic mass is 10.2. The molecule has 0 atom stereocenters. The lowest BCUT2D eigenvalue weighted by molar-refractivity contribution is -0.385. The van der Waals surface area contributed by atoms with E-state index in [4.69, 9.17) is 5.11 Å². The zero-order chi connectivity index (χ0) is 14.3. The minimum absolute atomic E-state index is 0.0914. The Bertz CT molecular complexity index is 622. The van der Waals surface area contributed by atoms with Gasteiger partial charge in [0.2, 0.25) is 10.0 Å². The van der Waals surface area contributed by atoms with Gasteiger partial charge in [-0.3, -0.25) is 10.1 Å². The third kappa shape index (κ3) is 2.60. The molecule has 1 aromatic rings. The molecule has 1 aromatic carbocycles. The number of hydrogen-bond acceptors (Lipinski definition) is 5. The zero-order valence-electron chi connectivity index (χ0n) is 10.3. The fraction of sp³-hybridized carbons (Fsp3) is 0.455. The number of rotatable bonds is 5. The lowest BCUT2D eigenvalue weighted by Gasteiger charge is -2.15. The van der Waals surface area contributed by atoms with E-state index in [2.05, 4.69) is 4.72 Å². The van der Waals surface area contributed by atoms with Crippen LogP contribution in [0, 0.1) is 17.0 Å². The Labute approximate surface area is 110 Å².